The molecule has 0 saturated heterocycles. The highest BCUT2D eigenvalue weighted by molar-refractivity contribution is 9.10. The van der Waals surface area contributed by atoms with Crippen molar-refractivity contribution in [3.8, 4) is 0 Å². The quantitative estimate of drug-likeness (QED) is 0.705. The molecule has 1 unspecified atom stereocenters. The Hall–Kier alpha value is -0.810. The zero-order valence-corrected chi connectivity index (χ0v) is 13.9. The summed E-state index contributed by atoms with van der Waals surface area (Å²) in [5, 5.41) is 6.08. The lowest BCUT2D eigenvalue weighted by atomic mass is 10.2. The molecule has 1 rings (SSSR count). The van der Waals surface area contributed by atoms with E-state index in [1.54, 1.807) is 6.92 Å². The lowest BCUT2D eigenvalue weighted by Gasteiger charge is -2.17. The highest BCUT2D eigenvalue weighted by atomic mass is 79.9. The van der Waals surface area contributed by atoms with Gasteiger partial charge in [0.1, 0.15) is 11.9 Å². The van der Waals surface area contributed by atoms with Crippen LogP contribution in [0.4, 0.5) is 10.1 Å². The molecule has 0 heterocycles. The minimum absolute atomic E-state index is 0.103. The molecule has 0 saturated carbocycles. The van der Waals surface area contributed by atoms with Crippen LogP contribution in [0, 0.1) is 5.82 Å². The van der Waals surface area contributed by atoms with Crippen molar-refractivity contribution >= 4 is 39.1 Å². The molecule has 1 aromatic carbocycles. The maximum absolute atomic E-state index is 13.1. The summed E-state index contributed by atoms with van der Waals surface area (Å²) in [7, 11) is 0. The van der Waals surface area contributed by atoms with Gasteiger partial charge in [0.2, 0.25) is 5.91 Å². The fourth-order valence-electron chi connectivity index (χ4n) is 1.70. The smallest absolute Gasteiger partial charge is 0.242 e. The fourth-order valence-corrected chi connectivity index (χ4v) is 2.62. The van der Waals surface area contributed by atoms with E-state index in [9.17, 15) is 9.18 Å². The first-order chi connectivity index (χ1) is 9.45. The molecule has 1 amide bonds. The third-order valence-electron chi connectivity index (χ3n) is 2.84. The second-order valence-corrected chi connectivity index (χ2v) is 5.87. The molecule has 0 fully saturated rings. The van der Waals surface area contributed by atoms with E-state index >= 15 is 0 Å². The van der Waals surface area contributed by atoms with E-state index in [4.69, 9.17) is 11.6 Å². The number of carbonyl (C=O) groups excluding carboxylic acids is 1. The second-order valence-electron chi connectivity index (χ2n) is 4.61. The van der Waals surface area contributed by atoms with Crippen LogP contribution in [0.1, 0.15) is 33.1 Å². The van der Waals surface area contributed by atoms with Crippen molar-refractivity contribution < 1.29 is 9.18 Å². The normalized spacial score (nSPS) is 12.1. The minimum atomic E-state index is -0.448. The van der Waals surface area contributed by atoms with Crippen molar-refractivity contribution in [2.24, 2.45) is 0 Å². The molecule has 1 atom stereocenters. The van der Waals surface area contributed by atoms with Crippen LogP contribution in [-0.4, -0.2) is 18.5 Å². The Balaban J connectivity index is 2.57. The predicted octanol–water partition coefficient (Wildman–Crippen LogP) is 4.35. The number of anilines is 1. The third-order valence-corrected chi connectivity index (χ3v) is 3.76. The monoisotopic (exact) mass is 364 g/mol. The molecule has 0 spiro atoms. The van der Waals surface area contributed by atoms with Crippen molar-refractivity contribution in [1.82, 2.24) is 5.32 Å². The van der Waals surface area contributed by atoms with Gasteiger partial charge in [0.15, 0.2) is 0 Å². The van der Waals surface area contributed by atoms with E-state index in [0.29, 0.717) is 16.7 Å². The Bertz CT molecular complexity index is 447. The summed E-state index contributed by atoms with van der Waals surface area (Å²) in [5.74, 6) is -0.530. The van der Waals surface area contributed by atoms with Gasteiger partial charge in [0.05, 0.1) is 10.7 Å². The van der Waals surface area contributed by atoms with Gasteiger partial charge >= 0.3 is 0 Å². The zero-order valence-electron chi connectivity index (χ0n) is 11.6. The number of amides is 1. The van der Waals surface area contributed by atoms with Gasteiger partial charge in [0, 0.05) is 11.0 Å². The molecular weight excluding hydrogens is 347 g/mol. The lowest BCUT2D eigenvalue weighted by molar-refractivity contribution is -0.121. The molecular formula is C14H19BrClFN2O. The van der Waals surface area contributed by atoms with Crippen LogP contribution in [0.5, 0.6) is 0 Å². The van der Waals surface area contributed by atoms with Crippen LogP contribution in [0.25, 0.3) is 0 Å². The van der Waals surface area contributed by atoms with Crippen molar-refractivity contribution in [3.63, 3.8) is 0 Å². The van der Waals surface area contributed by atoms with Crippen LogP contribution < -0.4 is 10.6 Å². The second kappa shape index (κ2) is 8.47. The molecule has 3 nitrogen and oxygen atoms in total. The lowest BCUT2D eigenvalue weighted by Crippen LogP contribution is -2.38. The molecule has 0 aromatic heterocycles. The first-order valence-electron chi connectivity index (χ1n) is 6.64. The Labute approximate surface area is 132 Å². The molecule has 6 heteroatoms. The summed E-state index contributed by atoms with van der Waals surface area (Å²) in [5.41, 5.74) is 0.518. The average Bonchev–Trinajstić information content (AvgIpc) is 2.38. The number of hydrogen-bond donors (Lipinski definition) is 2. The van der Waals surface area contributed by atoms with Gasteiger partial charge in [-0.3, -0.25) is 4.79 Å². The molecule has 0 radical (unpaired) electrons. The number of rotatable bonds is 7. The van der Waals surface area contributed by atoms with Gasteiger partial charge < -0.3 is 10.6 Å². The molecule has 0 aliphatic carbocycles. The van der Waals surface area contributed by atoms with Gasteiger partial charge in [-0.2, -0.15) is 0 Å². The van der Waals surface area contributed by atoms with Crippen LogP contribution in [0.15, 0.2) is 16.6 Å². The first kappa shape index (κ1) is 17.2. The summed E-state index contributed by atoms with van der Waals surface area (Å²) < 4.78 is 13.6. The van der Waals surface area contributed by atoms with Gasteiger partial charge in [-0.1, -0.05) is 31.4 Å². The Morgan fingerprint density at radius 3 is 2.75 bits per heavy atom. The Morgan fingerprint density at radius 2 is 2.15 bits per heavy atom. The van der Waals surface area contributed by atoms with Crippen molar-refractivity contribution in [2.45, 2.75) is 39.2 Å². The van der Waals surface area contributed by atoms with Gasteiger partial charge in [0.25, 0.3) is 0 Å². The molecule has 1 aromatic rings. The van der Waals surface area contributed by atoms with E-state index in [2.05, 4.69) is 33.5 Å². The van der Waals surface area contributed by atoms with Crippen LogP contribution >= 0.6 is 27.5 Å². The number of carbonyl (C=O) groups is 1. The van der Waals surface area contributed by atoms with Crippen LogP contribution in [0.3, 0.4) is 0 Å². The van der Waals surface area contributed by atoms with Crippen LogP contribution in [-0.2, 0) is 4.79 Å². The number of hydrogen-bond acceptors (Lipinski definition) is 2. The fraction of sp³-hybridized carbons (Fsp3) is 0.500. The van der Waals surface area contributed by atoms with Gasteiger partial charge in [-0.05, 0) is 41.4 Å². The maximum atomic E-state index is 13.1. The standard InChI is InChI=1S/C14H19BrClFN2O/c1-3-4-5-6-18-14(20)9(2)19-13-11(15)7-10(17)8-12(13)16/h7-9,19H,3-6H2,1-2H3,(H,18,20). The third kappa shape index (κ3) is 5.29. The van der Waals surface area contributed by atoms with E-state index in [1.165, 1.54) is 12.1 Å². The van der Waals surface area contributed by atoms with E-state index in [0.717, 1.165) is 19.3 Å². The SMILES string of the molecule is CCCCCNC(=O)C(C)Nc1c(Cl)cc(F)cc1Br. The van der Waals surface area contributed by atoms with Crippen molar-refractivity contribution in [3.05, 3.63) is 27.4 Å². The summed E-state index contributed by atoms with van der Waals surface area (Å²) in [6.07, 6.45) is 3.18. The van der Waals surface area contributed by atoms with E-state index in [1.807, 2.05) is 0 Å². The summed E-state index contributed by atoms with van der Waals surface area (Å²) in [6, 6.07) is 2.07. The highest BCUT2D eigenvalue weighted by Crippen LogP contribution is 2.32. The summed E-state index contributed by atoms with van der Waals surface area (Å²) in [6.45, 7) is 4.51. The number of halogens is 3. The largest absolute Gasteiger partial charge is 0.372 e. The molecule has 20 heavy (non-hydrogen) atoms. The van der Waals surface area contributed by atoms with Crippen molar-refractivity contribution in [1.29, 1.82) is 0 Å². The first-order valence-corrected chi connectivity index (χ1v) is 7.81. The molecule has 0 bridgehead atoms. The molecule has 2 N–H and O–H groups in total. The Kier molecular flexibility index (Phi) is 7.30. The summed E-state index contributed by atoms with van der Waals surface area (Å²) >= 11 is 9.20. The maximum Gasteiger partial charge on any atom is 0.242 e. The highest BCUT2D eigenvalue weighted by Gasteiger charge is 2.16. The number of nitrogens with one attached hydrogen (secondary N) is 2. The average molecular weight is 366 g/mol. The predicted molar refractivity (Wildman–Crippen MR) is 84.7 cm³/mol. The molecule has 0 aliphatic rings. The van der Waals surface area contributed by atoms with Gasteiger partial charge in [-0.25, -0.2) is 4.39 Å². The minimum Gasteiger partial charge on any atom is -0.372 e. The van der Waals surface area contributed by atoms with E-state index in [-0.39, 0.29) is 10.9 Å². The Morgan fingerprint density at radius 1 is 1.45 bits per heavy atom. The topological polar surface area (TPSA) is 41.1 Å². The van der Waals surface area contributed by atoms with Crippen molar-refractivity contribution in [2.75, 3.05) is 11.9 Å². The number of benzene rings is 1. The van der Waals surface area contributed by atoms with E-state index < -0.39 is 11.9 Å². The zero-order chi connectivity index (χ0) is 15.1. The number of unbranched alkanes of at least 4 members (excludes halogenated alkanes) is 2. The molecule has 0 aliphatic heterocycles. The molecule has 112 valence electrons. The summed E-state index contributed by atoms with van der Waals surface area (Å²) in [4.78, 5) is 11.9. The van der Waals surface area contributed by atoms with Crippen LogP contribution in [0.2, 0.25) is 5.02 Å². The van der Waals surface area contributed by atoms with Gasteiger partial charge in [-0.15, -0.1) is 0 Å².